The third-order valence-corrected chi connectivity index (χ3v) is 1.51. The molecule has 0 atom stereocenters. The van der Waals surface area contributed by atoms with E-state index in [1.165, 1.54) is 6.20 Å². The zero-order valence-electron chi connectivity index (χ0n) is 6.85. The number of hydrogen-bond acceptors (Lipinski definition) is 5. The fraction of sp³-hybridized carbons (Fsp3) is 0. The summed E-state index contributed by atoms with van der Waals surface area (Å²) >= 11 is 0. The van der Waals surface area contributed by atoms with Crippen molar-refractivity contribution in [3.8, 4) is 0 Å². The Morgan fingerprint density at radius 2 is 2.36 bits per heavy atom. The molecule has 2 aromatic rings. The molecule has 0 saturated heterocycles. The molecule has 14 heavy (non-hydrogen) atoms. The molecule has 0 amide bonds. The molecular weight excluding hydrogens is 188 g/mol. The summed E-state index contributed by atoms with van der Waals surface area (Å²) in [5.74, 6) is -0.997. The van der Waals surface area contributed by atoms with E-state index >= 15 is 0 Å². The Kier molecular flexibility index (Phi) is 1.86. The minimum Gasteiger partial charge on any atom is -0.476 e. The molecule has 2 heterocycles. The summed E-state index contributed by atoms with van der Waals surface area (Å²) < 4.78 is 0. The number of aromatic nitrogens is 5. The molecule has 2 aromatic heterocycles. The minimum atomic E-state index is -1.15. The number of aromatic carboxylic acids is 1. The maximum atomic E-state index is 10.6. The molecule has 0 aliphatic rings. The van der Waals surface area contributed by atoms with Crippen molar-refractivity contribution in [2.75, 3.05) is 5.32 Å². The van der Waals surface area contributed by atoms with Gasteiger partial charge in [-0.05, 0) is 0 Å². The average Bonchev–Trinajstić information content (AvgIpc) is 2.75. The first-order valence-electron chi connectivity index (χ1n) is 3.67. The number of anilines is 2. The van der Waals surface area contributed by atoms with Crippen LogP contribution in [0.15, 0.2) is 12.4 Å². The number of carboxylic acid groups (broad SMARTS) is 1. The van der Waals surface area contributed by atoms with E-state index in [1.807, 2.05) is 0 Å². The van der Waals surface area contributed by atoms with Crippen LogP contribution in [-0.2, 0) is 0 Å². The second-order valence-electron chi connectivity index (χ2n) is 2.44. The Labute approximate surface area is 77.3 Å². The summed E-state index contributed by atoms with van der Waals surface area (Å²) in [4.78, 5) is 10.6. The monoisotopic (exact) mass is 194 g/mol. The molecule has 0 fully saturated rings. The third-order valence-electron chi connectivity index (χ3n) is 1.51. The first-order valence-corrected chi connectivity index (χ1v) is 3.67. The summed E-state index contributed by atoms with van der Waals surface area (Å²) in [7, 11) is 0. The Bertz CT molecular complexity index is 433. The molecule has 2 rings (SSSR count). The number of carbonyl (C=O) groups is 1. The standard InChI is InChI=1S/C6H6N6O2/c13-6(14)4-5(11-12-10-4)9-3-1-7-8-2-3/h1-2H,(H,7,8)(H,13,14)(H2,9,10,11,12). The smallest absolute Gasteiger partial charge is 0.360 e. The molecule has 0 aliphatic carbocycles. The van der Waals surface area contributed by atoms with Crippen LogP contribution >= 0.6 is 0 Å². The van der Waals surface area contributed by atoms with Crippen LogP contribution in [0.3, 0.4) is 0 Å². The number of nitrogens with one attached hydrogen (secondary N) is 3. The summed E-state index contributed by atoms with van der Waals surface area (Å²) in [6.07, 6.45) is 3.07. The lowest BCUT2D eigenvalue weighted by Gasteiger charge is -1.97. The van der Waals surface area contributed by atoms with E-state index in [2.05, 4.69) is 30.9 Å². The number of aromatic amines is 2. The molecule has 4 N–H and O–H groups in total. The highest BCUT2D eigenvalue weighted by Gasteiger charge is 2.14. The van der Waals surface area contributed by atoms with Crippen LogP contribution in [0.4, 0.5) is 11.5 Å². The van der Waals surface area contributed by atoms with E-state index in [1.54, 1.807) is 6.20 Å². The Balaban J connectivity index is 2.25. The van der Waals surface area contributed by atoms with Crippen molar-refractivity contribution >= 4 is 17.5 Å². The van der Waals surface area contributed by atoms with Gasteiger partial charge in [-0.3, -0.25) is 5.10 Å². The van der Waals surface area contributed by atoms with Crippen LogP contribution in [0.5, 0.6) is 0 Å². The van der Waals surface area contributed by atoms with Gasteiger partial charge in [0.15, 0.2) is 5.82 Å². The van der Waals surface area contributed by atoms with E-state index in [4.69, 9.17) is 5.11 Å². The zero-order valence-corrected chi connectivity index (χ0v) is 6.85. The van der Waals surface area contributed by atoms with Crippen LogP contribution in [0.2, 0.25) is 0 Å². The van der Waals surface area contributed by atoms with E-state index in [-0.39, 0.29) is 11.5 Å². The average molecular weight is 194 g/mol. The molecule has 0 aromatic carbocycles. The molecule has 0 spiro atoms. The lowest BCUT2D eigenvalue weighted by atomic mass is 10.4. The number of nitrogens with zero attached hydrogens (tertiary/aromatic N) is 3. The first kappa shape index (κ1) is 8.23. The highest BCUT2D eigenvalue weighted by atomic mass is 16.4. The predicted octanol–water partition coefficient (Wildman–Crippen LogP) is -0.0304. The fourth-order valence-electron chi connectivity index (χ4n) is 0.923. The van der Waals surface area contributed by atoms with Crippen LogP contribution in [0, 0.1) is 0 Å². The minimum absolute atomic E-state index is 0.152. The number of H-pyrrole nitrogens is 2. The van der Waals surface area contributed by atoms with Crippen LogP contribution in [0.25, 0.3) is 0 Å². The molecule has 8 heteroatoms. The van der Waals surface area contributed by atoms with E-state index in [0.717, 1.165) is 0 Å². The highest BCUT2D eigenvalue weighted by molar-refractivity contribution is 5.91. The quantitative estimate of drug-likeness (QED) is 0.544. The lowest BCUT2D eigenvalue weighted by molar-refractivity contribution is 0.0691. The molecule has 0 aliphatic heterocycles. The van der Waals surface area contributed by atoms with Crippen molar-refractivity contribution in [2.24, 2.45) is 0 Å². The maximum Gasteiger partial charge on any atom is 0.360 e. The van der Waals surface area contributed by atoms with Gasteiger partial charge in [0.05, 0.1) is 11.9 Å². The van der Waals surface area contributed by atoms with Gasteiger partial charge >= 0.3 is 5.97 Å². The number of hydrogen-bond donors (Lipinski definition) is 4. The number of rotatable bonds is 3. The summed E-state index contributed by atoms with van der Waals surface area (Å²) in [5.41, 5.74) is 0.451. The SMILES string of the molecule is O=C(O)c1n[nH]nc1Nc1cn[nH]c1. The fourth-order valence-corrected chi connectivity index (χ4v) is 0.923. The molecule has 0 saturated carbocycles. The lowest BCUT2D eigenvalue weighted by Crippen LogP contribution is -2.01. The van der Waals surface area contributed by atoms with Gasteiger partial charge in [0, 0.05) is 6.20 Å². The third kappa shape index (κ3) is 1.40. The van der Waals surface area contributed by atoms with Crippen LogP contribution in [0.1, 0.15) is 10.5 Å². The Hall–Kier alpha value is -2.38. The summed E-state index contributed by atoms with van der Waals surface area (Å²) in [5, 5.41) is 27.0. The largest absolute Gasteiger partial charge is 0.476 e. The van der Waals surface area contributed by atoms with E-state index < -0.39 is 5.97 Å². The second kappa shape index (κ2) is 3.17. The van der Waals surface area contributed by atoms with Gasteiger partial charge in [-0.2, -0.15) is 10.3 Å². The van der Waals surface area contributed by atoms with Gasteiger partial charge in [-0.1, -0.05) is 0 Å². The summed E-state index contributed by atoms with van der Waals surface area (Å²) in [6.45, 7) is 0. The van der Waals surface area contributed by atoms with Gasteiger partial charge in [0.2, 0.25) is 5.69 Å². The van der Waals surface area contributed by atoms with Crippen molar-refractivity contribution in [3.05, 3.63) is 18.1 Å². The van der Waals surface area contributed by atoms with Gasteiger partial charge in [-0.25, -0.2) is 4.79 Å². The Morgan fingerprint density at radius 3 is 3.00 bits per heavy atom. The molecule has 0 bridgehead atoms. The second-order valence-corrected chi connectivity index (χ2v) is 2.44. The topological polar surface area (TPSA) is 120 Å². The van der Waals surface area contributed by atoms with Gasteiger partial charge in [0.25, 0.3) is 0 Å². The van der Waals surface area contributed by atoms with Gasteiger partial charge < -0.3 is 10.4 Å². The number of carboxylic acids is 1. The molecule has 72 valence electrons. The first-order chi connectivity index (χ1) is 6.77. The maximum absolute atomic E-state index is 10.6. The molecular formula is C6H6N6O2. The molecule has 0 radical (unpaired) electrons. The van der Waals surface area contributed by atoms with Crippen molar-refractivity contribution in [1.29, 1.82) is 0 Å². The van der Waals surface area contributed by atoms with E-state index in [0.29, 0.717) is 5.69 Å². The van der Waals surface area contributed by atoms with Gasteiger partial charge in [0.1, 0.15) is 0 Å². The Morgan fingerprint density at radius 1 is 1.50 bits per heavy atom. The highest BCUT2D eigenvalue weighted by Crippen LogP contribution is 2.14. The zero-order chi connectivity index (χ0) is 9.97. The van der Waals surface area contributed by atoms with Crippen LogP contribution < -0.4 is 5.32 Å². The molecule has 8 nitrogen and oxygen atoms in total. The normalized spacial score (nSPS) is 10.0. The van der Waals surface area contributed by atoms with Crippen molar-refractivity contribution < 1.29 is 9.90 Å². The van der Waals surface area contributed by atoms with Crippen molar-refractivity contribution in [1.82, 2.24) is 25.6 Å². The van der Waals surface area contributed by atoms with Gasteiger partial charge in [-0.15, -0.1) is 10.2 Å². The van der Waals surface area contributed by atoms with Crippen molar-refractivity contribution in [2.45, 2.75) is 0 Å². The predicted molar refractivity (Wildman–Crippen MR) is 45.2 cm³/mol. The molecule has 0 unspecified atom stereocenters. The van der Waals surface area contributed by atoms with Crippen molar-refractivity contribution in [3.63, 3.8) is 0 Å². The van der Waals surface area contributed by atoms with E-state index in [9.17, 15) is 4.79 Å². The van der Waals surface area contributed by atoms with Crippen LogP contribution in [-0.4, -0.2) is 36.7 Å². The summed E-state index contributed by atoms with van der Waals surface area (Å²) in [6, 6.07) is 0.